The van der Waals surface area contributed by atoms with Gasteiger partial charge >= 0.3 is 23.9 Å². The molecule has 12 nitrogen and oxygen atoms in total. The van der Waals surface area contributed by atoms with Gasteiger partial charge in [-0.15, -0.1) is 0 Å². The number of hydrogen-bond donors (Lipinski definition) is 1. The molecule has 0 saturated carbocycles. The number of hydrogen-bond acceptors (Lipinski definition) is 10. The number of amides is 2. The number of rotatable bonds is 18. The maximum atomic E-state index is 13.0. The van der Waals surface area contributed by atoms with Crippen LogP contribution in [-0.2, 0) is 47.7 Å². The first-order chi connectivity index (χ1) is 16.7. The number of carbonyl (C=O) groups is 6. The van der Waals surface area contributed by atoms with Crippen molar-refractivity contribution in [2.75, 3.05) is 41.5 Å². The lowest BCUT2D eigenvalue weighted by molar-refractivity contribution is -0.144. The van der Waals surface area contributed by atoms with Gasteiger partial charge in [-0.25, -0.2) is 0 Å². The Hall–Kier alpha value is -3.18. The molecule has 0 aliphatic carbocycles. The van der Waals surface area contributed by atoms with Gasteiger partial charge in [0, 0.05) is 45.2 Å². The molecule has 0 aliphatic rings. The van der Waals surface area contributed by atoms with Gasteiger partial charge in [0.25, 0.3) is 0 Å². The molecule has 0 aromatic heterocycles. The third-order valence-corrected chi connectivity index (χ3v) is 5.18. The zero-order chi connectivity index (χ0) is 26.6. The Morgan fingerprint density at radius 1 is 0.629 bits per heavy atom. The summed E-state index contributed by atoms with van der Waals surface area (Å²) in [5, 5.41) is 2.72. The molecule has 0 rings (SSSR count). The Morgan fingerprint density at radius 3 is 1.60 bits per heavy atom. The summed E-state index contributed by atoms with van der Waals surface area (Å²) in [6.45, 7) is 0.290. The average molecular weight is 503 g/mol. The molecule has 0 aromatic rings. The van der Waals surface area contributed by atoms with Crippen LogP contribution in [0.1, 0.15) is 64.2 Å². The van der Waals surface area contributed by atoms with Gasteiger partial charge in [-0.3, -0.25) is 28.8 Å². The molecule has 1 atom stereocenters. The first kappa shape index (κ1) is 31.8. The van der Waals surface area contributed by atoms with Gasteiger partial charge in [0.1, 0.15) is 6.04 Å². The molecule has 1 unspecified atom stereocenters. The molecule has 0 aliphatic heterocycles. The highest BCUT2D eigenvalue weighted by Gasteiger charge is 2.29. The molecule has 12 heteroatoms. The van der Waals surface area contributed by atoms with E-state index < -0.39 is 35.8 Å². The fraction of sp³-hybridized carbons (Fsp3) is 0.739. The van der Waals surface area contributed by atoms with E-state index in [0.717, 1.165) is 0 Å². The molecule has 2 amide bonds. The summed E-state index contributed by atoms with van der Waals surface area (Å²) in [6.07, 6.45) is 1.60. The summed E-state index contributed by atoms with van der Waals surface area (Å²) < 4.78 is 18.5. The summed E-state index contributed by atoms with van der Waals surface area (Å²) in [5.74, 6) is -2.56. The van der Waals surface area contributed by atoms with Gasteiger partial charge < -0.3 is 29.2 Å². The molecule has 0 radical (unpaired) electrons. The second-order valence-corrected chi connectivity index (χ2v) is 7.65. The maximum Gasteiger partial charge on any atom is 0.305 e. The van der Waals surface area contributed by atoms with Crippen LogP contribution in [0.4, 0.5) is 0 Å². The van der Waals surface area contributed by atoms with E-state index in [4.69, 9.17) is 0 Å². The van der Waals surface area contributed by atoms with Crippen molar-refractivity contribution in [1.82, 2.24) is 10.2 Å². The molecule has 0 bridgehead atoms. The van der Waals surface area contributed by atoms with Crippen molar-refractivity contribution >= 4 is 35.7 Å². The third-order valence-electron chi connectivity index (χ3n) is 5.18. The van der Waals surface area contributed by atoms with Crippen molar-refractivity contribution in [1.29, 1.82) is 0 Å². The number of methoxy groups -OCH3 is 4. The van der Waals surface area contributed by atoms with Gasteiger partial charge in [-0.05, 0) is 32.1 Å². The molecular formula is C23H38N2O10. The highest BCUT2D eigenvalue weighted by molar-refractivity contribution is 5.88. The van der Waals surface area contributed by atoms with Crippen LogP contribution in [0.25, 0.3) is 0 Å². The number of carbonyl (C=O) groups excluding carboxylic acids is 6. The summed E-state index contributed by atoms with van der Waals surface area (Å²) in [7, 11) is 5.05. The standard InChI is InChI=1S/C23H38N2O10/c1-32-19(27)11-5-9-17(23(31)24-15-7-13-21(29)34-3)25(16-8-14-22(30)35-4)18(26)10-6-12-20(28)33-2/h17H,5-16H2,1-4H3,(H,24,31). The molecule has 0 saturated heterocycles. The van der Waals surface area contributed by atoms with Crippen molar-refractivity contribution in [2.24, 2.45) is 0 Å². The quantitative estimate of drug-likeness (QED) is 0.162. The summed E-state index contributed by atoms with van der Waals surface area (Å²) in [4.78, 5) is 73.2. The van der Waals surface area contributed by atoms with Crippen molar-refractivity contribution in [3.8, 4) is 0 Å². The average Bonchev–Trinajstić information content (AvgIpc) is 2.86. The molecule has 0 aromatic carbocycles. The van der Waals surface area contributed by atoms with E-state index in [1.807, 2.05) is 0 Å². The predicted octanol–water partition coefficient (Wildman–Crippen LogP) is 0.893. The van der Waals surface area contributed by atoms with Crippen molar-refractivity contribution in [2.45, 2.75) is 70.3 Å². The minimum absolute atomic E-state index is 0.00353. The van der Waals surface area contributed by atoms with Crippen molar-refractivity contribution in [3.05, 3.63) is 0 Å². The summed E-state index contributed by atoms with van der Waals surface area (Å²) in [6, 6.07) is -0.916. The minimum Gasteiger partial charge on any atom is -0.469 e. The van der Waals surface area contributed by atoms with E-state index in [9.17, 15) is 28.8 Å². The van der Waals surface area contributed by atoms with E-state index in [1.165, 1.54) is 33.3 Å². The van der Waals surface area contributed by atoms with Gasteiger partial charge in [0.15, 0.2) is 0 Å². The molecule has 200 valence electrons. The second-order valence-electron chi connectivity index (χ2n) is 7.65. The monoisotopic (exact) mass is 502 g/mol. The van der Waals surface area contributed by atoms with Crippen LogP contribution in [-0.4, -0.2) is 88.2 Å². The minimum atomic E-state index is -0.916. The Bertz CT molecular complexity index is 710. The highest BCUT2D eigenvalue weighted by atomic mass is 16.5. The Labute approximate surface area is 206 Å². The topological polar surface area (TPSA) is 155 Å². The Kier molecular flexibility index (Phi) is 17.4. The largest absolute Gasteiger partial charge is 0.469 e. The molecular weight excluding hydrogens is 464 g/mol. The number of esters is 4. The van der Waals surface area contributed by atoms with Gasteiger partial charge in [0.2, 0.25) is 11.8 Å². The van der Waals surface area contributed by atoms with Crippen LogP contribution in [0.5, 0.6) is 0 Å². The third kappa shape index (κ3) is 14.6. The summed E-state index contributed by atoms with van der Waals surface area (Å²) >= 11 is 0. The van der Waals surface area contributed by atoms with E-state index >= 15 is 0 Å². The first-order valence-electron chi connectivity index (χ1n) is 11.5. The fourth-order valence-corrected chi connectivity index (χ4v) is 3.21. The Morgan fingerprint density at radius 2 is 1.09 bits per heavy atom. The number of nitrogens with zero attached hydrogens (tertiary/aromatic N) is 1. The van der Waals surface area contributed by atoms with Crippen LogP contribution in [0, 0.1) is 0 Å². The lowest BCUT2D eigenvalue weighted by Crippen LogP contribution is -2.50. The van der Waals surface area contributed by atoms with Crippen LogP contribution < -0.4 is 5.32 Å². The highest BCUT2D eigenvalue weighted by Crippen LogP contribution is 2.15. The molecule has 0 spiro atoms. The predicted molar refractivity (Wildman–Crippen MR) is 123 cm³/mol. The van der Waals surface area contributed by atoms with E-state index in [-0.39, 0.29) is 76.8 Å². The van der Waals surface area contributed by atoms with Crippen molar-refractivity contribution < 1.29 is 47.7 Å². The Balaban J connectivity index is 5.44. The smallest absolute Gasteiger partial charge is 0.305 e. The van der Waals surface area contributed by atoms with Crippen LogP contribution in [0.2, 0.25) is 0 Å². The number of nitrogens with one attached hydrogen (secondary N) is 1. The van der Waals surface area contributed by atoms with E-state index in [0.29, 0.717) is 6.42 Å². The van der Waals surface area contributed by atoms with Gasteiger partial charge in [-0.1, -0.05) is 0 Å². The lowest BCUT2D eigenvalue weighted by atomic mass is 10.0. The van der Waals surface area contributed by atoms with Crippen LogP contribution in [0.3, 0.4) is 0 Å². The fourth-order valence-electron chi connectivity index (χ4n) is 3.21. The first-order valence-corrected chi connectivity index (χ1v) is 11.5. The molecule has 1 N–H and O–H groups in total. The number of ether oxygens (including phenoxy) is 4. The molecule has 0 heterocycles. The van der Waals surface area contributed by atoms with Gasteiger partial charge in [-0.2, -0.15) is 0 Å². The van der Waals surface area contributed by atoms with E-state index in [2.05, 4.69) is 24.3 Å². The second kappa shape index (κ2) is 19.2. The van der Waals surface area contributed by atoms with Crippen molar-refractivity contribution in [3.63, 3.8) is 0 Å². The van der Waals surface area contributed by atoms with E-state index in [1.54, 1.807) is 0 Å². The normalized spacial score (nSPS) is 11.1. The summed E-state index contributed by atoms with van der Waals surface area (Å²) in [5.41, 5.74) is 0. The van der Waals surface area contributed by atoms with Gasteiger partial charge in [0.05, 0.1) is 28.4 Å². The van der Waals surface area contributed by atoms with Crippen LogP contribution in [0.15, 0.2) is 0 Å². The molecule has 0 fully saturated rings. The molecule has 35 heavy (non-hydrogen) atoms. The van der Waals surface area contributed by atoms with Crippen LogP contribution >= 0.6 is 0 Å². The lowest BCUT2D eigenvalue weighted by Gasteiger charge is -2.31. The SMILES string of the molecule is COC(=O)CCCNC(=O)C(CCCC(=O)OC)N(CCCC(=O)OC)C(=O)CCCC(=O)OC. The zero-order valence-electron chi connectivity index (χ0n) is 21.1. The zero-order valence-corrected chi connectivity index (χ0v) is 21.1. The maximum absolute atomic E-state index is 13.0.